The van der Waals surface area contributed by atoms with Gasteiger partial charge in [-0.3, -0.25) is 4.79 Å². The third-order valence-electron chi connectivity index (χ3n) is 2.92. The molecule has 0 aromatic carbocycles. The van der Waals surface area contributed by atoms with Crippen molar-refractivity contribution >= 4 is 21.9 Å². The van der Waals surface area contributed by atoms with Gasteiger partial charge in [0.2, 0.25) is 0 Å². The lowest BCUT2D eigenvalue weighted by molar-refractivity contribution is -0.148. The lowest BCUT2D eigenvalue weighted by Crippen LogP contribution is -2.33. The Hall–Kier alpha value is -0.570. The van der Waals surface area contributed by atoms with Crippen LogP contribution in [0, 0.1) is 5.41 Å². The normalized spacial score (nSPS) is 24.9. The third-order valence-corrected chi connectivity index (χ3v) is 3.48. The smallest absolute Gasteiger partial charge is 0.319 e. The fraction of sp³-hybridized carbons (Fsp3) is 0.583. The van der Waals surface area contributed by atoms with Crippen LogP contribution in [0.25, 0.3) is 0 Å². The van der Waals surface area contributed by atoms with Gasteiger partial charge in [0.1, 0.15) is 5.41 Å². The van der Waals surface area contributed by atoms with E-state index in [9.17, 15) is 4.79 Å². The predicted octanol–water partition coefficient (Wildman–Crippen LogP) is 3.23. The van der Waals surface area contributed by atoms with Crippen LogP contribution in [0.15, 0.2) is 23.8 Å². The Labute approximate surface area is 99.5 Å². The lowest BCUT2D eigenvalue weighted by atomic mass is 9.74. The number of esters is 1. The second kappa shape index (κ2) is 5.50. The van der Waals surface area contributed by atoms with Crippen LogP contribution < -0.4 is 0 Å². The van der Waals surface area contributed by atoms with E-state index in [-0.39, 0.29) is 5.97 Å². The minimum atomic E-state index is -0.513. The van der Waals surface area contributed by atoms with Crippen molar-refractivity contribution in [2.75, 3.05) is 12.4 Å². The first-order valence-electron chi connectivity index (χ1n) is 5.16. The number of methoxy groups -OCH3 is 1. The highest BCUT2D eigenvalue weighted by Crippen LogP contribution is 2.38. The first-order chi connectivity index (χ1) is 7.17. The highest BCUT2D eigenvalue weighted by Gasteiger charge is 2.38. The van der Waals surface area contributed by atoms with Crippen LogP contribution in [0.2, 0.25) is 0 Å². The Bertz CT molecular complexity index is 294. The molecule has 0 saturated carbocycles. The van der Waals surface area contributed by atoms with Crippen LogP contribution >= 0.6 is 15.9 Å². The predicted molar refractivity (Wildman–Crippen MR) is 65.0 cm³/mol. The average Bonchev–Trinajstić information content (AvgIpc) is 2.27. The zero-order valence-electron chi connectivity index (χ0n) is 9.25. The number of hydrogen-bond donors (Lipinski definition) is 0. The SMILES string of the molecule is COC(=O)C1(CCCBr)C=CCC=C1C. The van der Waals surface area contributed by atoms with Gasteiger partial charge >= 0.3 is 5.97 Å². The summed E-state index contributed by atoms with van der Waals surface area (Å²) < 4.78 is 4.91. The van der Waals surface area contributed by atoms with Crippen molar-refractivity contribution in [2.24, 2.45) is 5.41 Å². The summed E-state index contributed by atoms with van der Waals surface area (Å²) in [6, 6.07) is 0. The topological polar surface area (TPSA) is 26.3 Å². The van der Waals surface area contributed by atoms with Gasteiger partial charge in [-0.1, -0.05) is 39.7 Å². The van der Waals surface area contributed by atoms with Crippen molar-refractivity contribution < 1.29 is 9.53 Å². The molecule has 1 unspecified atom stereocenters. The van der Waals surface area contributed by atoms with Gasteiger partial charge in [-0.25, -0.2) is 0 Å². The Morgan fingerprint density at radius 3 is 2.93 bits per heavy atom. The summed E-state index contributed by atoms with van der Waals surface area (Å²) in [4.78, 5) is 11.9. The first kappa shape index (κ1) is 12.5. The minimum Gasteiger partial charge on any atom is -0.468 e. The van der Waals surface area contributed by atoms with Crippen molar-refractivity contribution in [1.29, 1.82) is 0 Å². The van der Waals surface area contributed by atoms with Gasteiger partial charge in [-0.05, 0) is 26.2 Å². The molecule has 0 amide bonds. The largest absolute Gasteiger partial charge is 0.468 e. The number of hydrogen-bond acceptors (Lipinski definition) is 2. The van der Waals surface area contributed by atoms with Gasteiger partial charge in [0.15, 0.2) is 0 Å². The summed E-state index contributed by atoms with van der Waals surface area (Å²) in [5.74, 6) is -0.145. The summed E-state index contributed by atoms with van der Waals surface area (Å²) in [7, 11) is 1.45. The second-order valence-corrected chi connectivity index (χ2v) is 4.57. The highest BCUT2D eigenvalue weighted by molar-refractivity contribution is 9.09. The molecular weight excluding hydrogens is 256 g/mol. The number of allylic oxidation sites excluding steroid dienone is 2. The first-order valence-corrected chi connectivity index (χ1v) is 6.29. The molecule has 84 valence electrons. The minimum absolute atomic E-state index is 0.145. The molecule has 0 aliphatic heterocycles. The fourth-order valence-corrected chi connectivity index (χ4v) is 2.25. The second-order valence-electron chi connectivity index (χ2n) is 3.78. The number of carbonyl (C=O) groups excluding carboxylic acids is 1. The lowest BCUT2D eigenvalue weighted by Gasteiger charge is -2.30. The van der Waals surface area contributed by atoms with E-state index < -0.39 is 5.41 Å². The zero-order chi connectivity index (χ0) is 11.3. The fourth-order valence-electron chi connectivity index (χ4n) is 1.97. The number of carbonyl (C=O) groups is 1. The van der Waals surface area contributed by atoms with Crippen molar-refractivity contribution in [3.05, 3.63) is 23.8 Å². The maximum Gasteiger partial charge on any atom is 0.319 e. The molecule has 0 aromatic rings. The number of rotatable bonds is 4. The van der Waals surface area contributed by atoms with Gasteiger partial charge in [-0.2, -0.15) is 0 Å². The van der Waals surface area contributed by atoms with Gasteiger partial charge in [0.25, 0.3) is 0 Å². The number of halogens is 1. The van der Waals surface area contributed by atoms with Crippen molar-refractivity contribution in [3.8, 4) is 0 Å². The number of ether oxygens (including phenoxy) is 1. The summed E-state index contributed by atoms with van der Waals surface area (Å²) in [5.41, 5.74) is 0.596. The molecule has 15 heavy (non-hydrogen) atoms. The van der Waals surface area contributed by atoms with E-state index in [1.165, 1.54) is 7.11 Å². The monoisotopic (exact) mass is 272 g/mol. The third kappa shape index (κ3) is 2.51. The molecule has 2 nitrogen and oxygen atoms in total. The summed E-state index contributed by atoms with van der Waals surface area (Å²) >= 11 is 3.40. The summed E-state index contributed by atoms with van der Waals surface area (Å²) in [5, 5.41) is 0.910. The Morgan fingerprint density at radius 2 is 2.40 bits per heavy atom. The standard InChI is InChI=1S/C12H17BrO2/c1-10-6-3-4-7-12(10,8-5-9-13)11(14)15-2/h4,6-7H,3,5,8-9H2,1-2H3. The molecule has 0 spiro atoms. The zero-order valence-corrected chi connectivity index (χ0v) is 10.8. The molecule has 1 atom stereocenters. The Kier molecular flexibility index (Phi) is 4.58. The molecule has 0 N–H and O–H groups in total. The molecule has 0 radical (unpaired) electrons. The van der Waals surface area contributed by atoms with Crippen LogP contribution in [-0.4, -0.2) is 18.4 Å². The van der Waals surface area contributed by atoms with E-state index in [0.717, 1.165) is 30.2 Å². The van der Waals surface area contributed by atoms with Gasteiger partial charge in [-0.15, -0.1) is 0 Å². The Morgan fingerprint density at radius 1 is 1.67 bits per heavy atom. The molecule has 0 saturated heterocycles. The summed E-state index contributed by atoms with van der Waals surface area (Å²) in [6.07, 6.45) is 8.83. The maximum atomic E-state index is 11.9. The maximum absolute atomic E-state index is 11.9. The van der Waals surface area contributed by atoms with Crippen LogP contribution in [0.5, 0.6) is 0 Å². The van der Waals surface area contributed by atoms with Crippen molar-refractivity contribution in [1.82, 2.24) is 0 Å². The molecule has 1 aliphatic rings. The van der Waals surface area contributed by atoms with E-state index in [0.29, 0.717) is 0 Å². The van der Waals surface area contributed by atoms with Gasteiger partial charge < -0.3 is 4.74 Å². The van der Waals surface area contributed by atoms with E-state index >= 15 is 0 Å². The van der Waals surface area contributed by atoms with E-state index in [2.05, 4.69) is 22.0 Å². The number of alkyl halides is 1. The molecule has 0 aromatic heterocycles. The molecule has 0 fully saturated rings. The Balaban J connectivity index is 2.94. The van der Waals surface area contributed by atoms with Crippen LogP contribution in [0.3, 0.4) is 0 Å². The van der Waals surface area contributed by atoms with E-state index in [1.54, 1.807) is 0 Å². The molecule has 0 heterocycles. The van der Waals surface area contributed by atoms with Crippen LogP contribution in [0.4, 0.5) is 0 Å². The molecule has 1 rings (SSSR count). The molecular formula is C12H17BrO2. The van der Waals surface area contributed by atoms with Crippen LogP contribution in [0.1, 0.15) is 26.2 Å². The quantitative estimate of drug-likeness (QED) is 0.446. The molecule has 0 bridgehead atoms. The van der Waals surface area contributed by atoms with E-state index in [4.69, 9.17) is 4.74 Å². The van der Waals surface area contributed by atoms with Gasteiger partial charge in [0, 0.05) is 5.33 Å². The van der Waals surface area contributed by atoms with E-state index in [1.807, 2.05) is 19.1 Å². The van der Waals surface area contributed by atoms with Crippen molar-refractivity contribution in [3.63, 3.8) is 0 Å². The van der Waals surface area contributed by atoms with Gasteiger partial charge in [0.05, 0.1) is 7.11 Å². The van der Waals surface area contributed by atoms with Crippen LogP contribution in [-0.2, 0) is 9.53 Å². The van der Waals surface area contributed by atoms with Crippen molar-refractivity contribution in [2.45, 2.75) is 26.2 Å². The summed E-state index contributed by atoms with van der Waals surface area (Å²) in [6.45, 7) is 2.01. The highest BCUT2D eigenvalue weighted by atomic mass is 79.9. The molecule has 1 aliphatic carbocycles. The molecule has 3 heteroatoms. The average molecular weight is 273 g/mol.